The van der Waals surface area contributed by atoms with E-state index >= 15 is 0 Å². The highest BCUT2D eigenvalue weighted by molar-refractivity contribution is 5.68. The lowest BCUT2D eigenvalue weighted by Gasteiger charge is -2.42. The molecule has 1 unspecified atom stereocenters. The van der Waals surface area contributed by atoms with E-state index in [0.29, 0.717) is 0 Å². The predicted octanol–water partition coefficient (Wildman–Crippen LogP) is -1.51. The Kier molecular flexibility index (Phi) is 6.06. The van der Waals surface area contributed by atoms with Crippen molar-refractivity contribution in [2.24, 2.45) is 0 Å². The first-order valence-corrected chi connectivity index (χ1v) is 6.22. The molecule has 1 aliphatic heterocycles. The monoisotopic (exact) mass is 306 g/mol. The molecule has 0 spiro atoms. The van der Waals surface area contributed by atoms with Crippen molar-refractivity contribution in [3.05, 3.63) is 0 Å². The first-order valence-electron chi connectivity index (χ1n) is 6.22. The van der Waals surface area contributed by atoms with Crippen LogP contribution >= 0.6 is 0 Å². The maximum Gasteiger partial charge on any atom is 0.303 e. The first kappa shape index (κ1) is 17.3. The largest absolute Gasteiger partial charge is 0.456 e. The van der Waals surface area contributed by atoms with E-state index < -0.39 is 55.2 Å². The number of esters is 3. The zero-order valence-electron chi connectivity index (χ0n) is 11.8. The fourth-order valence-electron chi connectivity index (χ4n) is 2.02. The lowest BCUT2D eigenvalue weighted by Crippen LogP contribution is -2.62. The lowest BCUT2D eigenvalue weighted by molar-refractivity contribution is -0.295. The normalized spacial score (nSPS) is 32.1. The third kappa shape index (κ3) is 4.66. The van der Waals surface area contributed by atoms with Crippen molar-refractivity contribution in [3.63, 3.8) is 0 Å². The van der Waals surface area contributed by atoms with Crippen molar-refractivity contribution in [3.8, 4) is 0 Å². The Morgan fingerprint density at radius 2 is 1.33 bits per heavy atom. The molecular formula is C12H18O9. The van der Waals surface area contributed by atoms with Crippen LogP contribution in [0.2, 0.25) is 0 Å². The molecule has 2 N–H and O–H groups in total. The van der Waals surface area contributed by atoms with Gasteiger partial charge in [0.25, 0.3) is 0 Å². The van der Waals surface area contributed by atoms with E-state index in [1.165, 1.54) is 0 Å². The van der Waals surface area contributed by atoms with Crippen LogP contribution in [-0.4, -0.2) is 65.4 Å². The minimum atomic E-state index is -1.64. The number of carbonyl (C=O) groups is 3. The summed E-state index contributed by atoms with van der Waals surface area (Å²) in [6.07, 6.45) is -6.65. The van der Waals surface area contributed by atoms with Gasteiger partial charge in [-0.15, -0.1) is 0 Å². The fraction of sp³-hybridized carbons (Fsp3) is 0.750. The Labute approximate surface area is 120 Å². The highest BCUT2D eigenvalue weighted by Gasteiger charge is 2.51. The summed E-state index contributed by atoms with van der Waals surface area (Å²) < 4.78 is 19.8. The van der Waals surface area contributed by atoms with Crippen molar-refractivity contribution >= 4 is 17.9 Å². The summed E-state index contributed by atoms with van der Waals surface area (Å²) in [5.74, 6) is -2.19. The quantitative estimate of drug-likeness (QED) is 0.470. The maximum absolute atomic E-state index is 11.2. The van der Waals surface area contributed by atoms with Crippen LogP contribution < -0.4 is 0 Å². The van der Waals surface area contributed by atoms with Gasteiger partial charge in [0.1, 0.15) is 6.10 Å². The Hall–Kier alpha value is -1.71. The van der Waals surface area contributed by atoms with E-state index in [-0.39, 0.29) is 0 Å². The van der Waals surface area contributed by atoms with Gasteiger partial charge in [-0.05, 0) is 0 Å². The van der Waals surface area contributed by atoms with Crippen molar-refractivity contribution in [2.75, 3.05) is 6.61 Å². The van der Waals surface area contributed by atoms with E-state index in [1.807, 2.05) is 0 Å². The highest BCUT2D eigenvalue weighted by atomic mass is 16.7. The average molecular weight is 306 g/mol. The molecule has 0 aromatic heterocycles. The minimum absolute atomic E-state index is 0.598. The predicted molar refractivity (Wildman–Crippen MR) is 64.6 cm³/mol. The summed E-state index contributed by atoms with van der Waals surface area (Å²) in [5.41, 5.74) is 0. The summed E-state index contributed by atoms with van der Waals surface area (Å²) in [4.78, 5) is 33.4. The summed E-state index contributed by atoms with van der Waals surface area (Å²) >= 11 is 0. The molecule has 1 fully saturated rings. The third-order valence-electron chi connectivity index (χ3n) is 2.70. The summed E-state index contributed by atoms with van der Waals surface area (Å²) in [6, 6.07) is 0. The number of aliphatic hydroxyl groups excluding tert-OH is 2. The minimum Gasteiger partial charge on any atom is -0.456 e. The second kappa shape index (κ2) is 7.34. The number of ether oxygens (including phenoxy) is 4. The van der Waals surface area contributed by atoms with E-state index in [4.69, 9.17) is 18.9 Å². The van der Waals surface area contributed by atoms with Crippen LogP contribution in [0, 0.1) is 0 Å². The molecular weight excluding hydrogens is 288 g/mol. The molecule has 0 bridgehead atoms. The van der Waals surface area contributed by atoms with Gasteiger partial charge in [0.2, 0.25) is 0 Å². The van der Waals surface area contributed by atoms with Gasteiger partial charge in [-0.3, -0.25) is 14.4 Å². The van der Waals surface area contributed by atoms with Crippen LogP contribution in [0.25, 0.3) is 0 Å². The van der Waals surface area contributed by atoms with Crippen molar-refractivity contribution in [1.82, 2.24) is 0 Å². The number of hydrogen-bond acceptors (Lipinski definition) is 9. The van der Waals surface area contributed by atoms with Gasteiger partial charge >= 0.3 is 17.9 Å². The van der Waals surface area contributed by atoms with Gasteiger partial charge in [-0.2, -0.15) is 0 Å². The van der Waals surface area contributed by atoms with E-state index in [9.17, 15) is 24.6 Å². The van der Waals surface area contributed by atoms with Gasteiger partial charge < -0.3 is 29.2 Å². The number of carbonyl (C=O) groups excluding carboxylic acids is 3. The Morgan fingerprint density at radius 3 is 1.76 bits per heavy atom. The Balaban J connectivity index is 3.08. The van der Waals surface area contributed by atoms with Crippen molar-refractivity contribution in [1.29, 1.82) is 0 Å². The van der Waals surface area contributed by atoms with E-state index in [1.54, 1.807) is 0 Å². The molecule has 0 radical (unpaired) electrons. The van der Waals surface area contributed by atoms with Crippen LogP contribution in [0.5, 0.6) is 0 Å². The first-order chi connectivity index (χ1) is 9.76. The molecule has 0 amide bonds. The van der Waals surface area contributed by atoms with Gasteiger partial charge in [0.05, 0.1) is 6.61 Å². The molecule has 1 saturated heterocycles. The average Bonchev–Trinajstić information content (AvgIpc) is 2.35. The molecule has 0 aromatic rings. The standard InChI is InChI=1S/C12H18O9/c1-5(14)18-9-8(4-13)21-12(17)11(20-7(3)16)10(9)19-6(2)15/h8-13,17H,4H2,1-3H3/t8-,9-,10+,11+,12?/m1/s1. The third-order valence-corrected chi connectivity index (χ3v) is 2.70. The van der Waals surface area contributed by atoms with Crippen LogP contribution in [-0.2, 0) is 33.3 Å². The van der Waals surface area contributed by atoms with Gasteiger partial charge in [-0.25, -0.2) is 0 Å². The second-order valence-corrected chi connectivity index (χ2v) is 4.47. The van der Waals surface area contributed by atoms with Crippen LogP contribution in [0.3, 0.4) is 0 Å². The second-order valence-electron chi connectivity index (χ2n) is 4.47. The Bertz CT molecular complexity index is 408. The van der Waals surface area contributed by atoms with Crippen molar-refractivity contribution in [2.45, 2.75) is 51.5 Å². The van der Waals surface area contributed by atoms with Crippen LogP contribution in [0.4, 0.5) is 0 Å². The molecule has 1 rings (SSSR count). The number of aliphatic hydroxyl groups is 2. The van der Waals surface area contributed by atoms with Crippen LogP contribution in [0.15, 0.2) is 0 Å². The molecule has 0 saturated carbocycles. The SMILES string of the molecule is CC(=O)O[C@H]1[C@H](OC(C)=O)[C@@H](CO)OC(O)[C@H]1OC(C)=O. The van der Waals surface area contributed by atoms with E-state index in [0.717, 1.165) is 20.8 Å². The molecule has 9 heteroatoms. The zero-order chi connectivity index (χ0) is 16.2. The van der Waals surface area contributed by atoms with Crippen LogP contribution in [0.1, 0.15) is 20.8 Å². The molecule has 120 valence electrons. The molecule has 1 heterocycles. The molecule has 9 nitrogen and oxygen atoms in total. The molecule has 0 aliphatic carbocycles. The Morgan fingerprint density at radius 1 is 0.905 bits per heavy atom. The molecule has 0 aromatic carbocycles. The smallest absolute Gasteiger partial charge is 0.303 e. The summed E-state index contributed by atoms with van der Waals surface area (Å²) in [7, 11) is 0. The number of hydrogen-bond donors (Lipinski definition) is 2. The molecule has 5 atom stereocenters. The lowest BCUT2D eigenvalue weighted by atomic mass is 9.98. The van der Waals surface area contributed by atoms with E-state index in [2.05, 4.69) is 0 Å². The molecule has 21 heavy (non-hydrogen) atoms. The highest BCUT2D eigenvalue weighted by Crippen LogP contribution is 2.27. The summed E-state index contributed by atoms with van der Waals surface area (Å²) in [6.45, 7) is 2.71. The molecule has 1 aliphatic rings. The van der Waals surface area contributed by atoms with Gasteiger partial charge in [0.15, 0.2) is 24.6 Å². The number of rotatable bonds is 4. The van der Waals surface area contributed by atoms with Crippen molar-refractivity contribution < 1.29 is 43.5 Å². The fourth-order valence-corrected chi connectivity index (χ4v) is 2.02. The van der Waals surface area contributed by atoms with Gasteiger partial charge in [-0.1, -0.05) is 0 Å². The maximum atomic E-state index is 11.2. The van der Waals surface area contributed by atoms with Gasteiger partial charge in [0, 0.05) is 20.8 Å². The topological polar surface area (TPSA) is 129 Å². The zero-order valence-corrected chi connectivity index (χ0v) is 11.8. The summed E-state index contributed by atoms with van der Waals surface area (Å²) in [5, 5.41) is 19.0.